The third-order valence-corrected chi connectivity index (χ3v) is 6.93. The minimum atomic E-state index is -0.348. The molecule has 0 aliphatic heterocycles. The summed E-state index contributed by atoms with van der Waals surface area (Å²) in [6.45, 7) is 2.07. The molecule has 4 nitrogen and oxygen atoms in total. The van der Waals surface area contributed by atoms with E-state index in [1.807, 2.05) is 0 Å². The number of nitrogens with two attached hydrogens (primary N) is 1. The molecule has 0 radical (unpaired) electrons. The number of rotatable bonds is 3. The van der Waals surface area contributed by atoms with Crippen molar-refractivity contribution >= 4 is 38.8 Å². The van der Waals surface area contributed by atoms with Gasteiger partial charge in [-0.15, -0.1) is 11.3 Å². The highest BCUT2D eigenvalue weighted by Crippen LogP contribution is 2.42. The average molecular weight is 432 g/mol. The van der Waals surface area contributed by atoms with Crippen LogP contribution in [-0.2, 0) is 12.8 Å². The molecule has 0 bridgehead atoms. The fourth-order valence-electron chi connectivity index (χ4n) is 4.25. The Morgan fingerprint density at radius 1 is 1.03 bits per heavy atom. The van der Waals surface area contributed by atoms with Crippen molar-refractivity contribution in [2.75, 3.05) is 11.1 Å². The monoisotopic (exact) mass is 431 g/mol. The summed E-state index contributed by atoms with van der Waals surface area (Å²) >= 11 is 1.32. The molecular weight excluding hydrogens is 409 g/mol. The van der Waals surface area contributed by atoms with Crippen LogP contribution in [0.1, 0.15) is 39.2 Å². The van der Waals surface area contributed by atoms with Crippen molar-refractivity contribution in [1.82, 2.24) is 4.98 Å². The summed E-state index contributed by atoms with van der Waals surface area (Å²) in [5.74, 6) is -0.646. The Morgan fingerprint density at radius 2 is 1.71 bits per heavy atom. The second-order valence-electron chi connectivity index (χ2n) is 7.98. The molecule has 1 aliphatic carbocycles. The number of nitrogens with one attached hydrogen (secondary N) is 1. The van der Waals surface area contributed by atoms with E-state index >= 15 is 0 Å². The van der Waals surface area contributed by atoms with Crippen molar-refractivity contribution < 1.29 is 9.18 Å². The van der Waals surface area contributed by atoms with Crippen LogP contribution in [0.15, 0.2) is 48.5 Å². The number of hydrogen-bond acceptors (Lipinski definition) is 4. The Labute approximate surface area is 183 Å². The van der Waals surface area contributed by atoms with E-state index < -0.39 is 0 Å². The van der Waals surface area contributed by atoms with Gasteiger partial charge in [0.1, 0.15) is 15.5 Å². The van der Waals surface area contributed by atoms with Crippen LogP contribution in [-0.4, -0.2) is 10.9 Å². The molecule has 2 heterocycles. The van der Waals surface area contributed by atoms with Crippen LogP contribution in [0.5, 0.6) is 0 Å². The predicted molar refractivity (Wildman–Crippen MR) is 125 cm³/mol. The maximum Gasteiger partial charge on any atom is 0.267 e. The van der Waals surface area contributed by atoms with E-state index in [0.29, 0.717) is 16.3 Å². The summed E-state index contributed by atoms with van der Waals surface area (Å²) in [4.78, 5) is 19.2. The molecule has 6 heteroatoms. The molecular formula is C25H22FN3OS. The fourth-order valence-corrected chi connectivity index (χ4v) is 5.27. The van der Waals surface area contributed by atoms with Crippen molar-refractivity contribution in [3.8, 4) is 11.3 Å². The zero-order chi connectivity index (χ0) is 21.5. The lowest BCUT2D eigenvalue weighted by atomic mass is 9.87. The van der Waals surface area contributed by atoms with Gasteiger partial charge in [-0.05, 0) is 68.0 Å². The van der Waals surface area contributed by atoms with Gasteiger partial charge in [0.05, 0.1) is 11.4 Å². The number of anilines is 2. The summed E-state index contributed by atoms with van der Waals surface area (Å²) in [7, 11) is 0. The number of hydrogen-bond donors (Lipinski definition) is 2. The largest absolute Gasteiger partial charge is 0.397 e. The molecule has 3 N–H and O–H groups in total. The average Bonchev–Trinajstić information content (AvgIpc) is 3.12. The number of nitrogens with zero attached hydrogens (tertiary/aromatic N) is 1. The molecule has 156 valence electrons. The zero-order valence-electron chi connectivity index (χ0n) is 17.2. The van der Waals surface area contributed by atoms with Crippen LogP contribution < -0.4 is 11.1 Å². The Morgan fingerprint density at radius 3 is 2.42 bits per heavy atom. The minimum Gasteiger partial charge on any atom is -0.397 e. The Bertz CT molecular complexity index is 1290. The van der Waals surface area contributed by atoms with Crippen LogP contribution in [0.25, 0.3) is 21.5 Å². The lowest BCUT2D eigenvalue weighted by molar-refractivity contribution is 0.103. The standard InChI is InChI=1S/C25H22FN3OS/c1-14-6-8-15(9-7-14)22-19-5-3-2-4-18(19)20-21(27)23(31-25(20)29-22)24(30)28-17-12-10-16(26)11-13-17/h6-13H,2-5,27H2,1H3,(H,28,30). The molecule has 1 amide bonds. The van der Waals surface area contributed by atoms with Crippen LogP contribution in [0.2, 0.25) is 0 Å². The normalized spacial score (nSPS) is 13.2. The molecule has 2 aromatic heterocycles. The van der Waals surface area contributed by atoms with Crippen molar-refractivity contribution in [3.63, 3.8) is 0 Å². The molecule has 5 rings (SSSR count). The second kappa shape index (κ2) is 7.78. The molecule has 0 spiro atoms. The maximum atomic E-state index is 13.2. The van der Waals surface area contributed by atoms with Gasteiger partial charge in [0.15, 0.2) is 0 Å². The number of halogens is 1. The molecule has 31 heavy (non-hydrogen) atoms. The minimum absolute atomic E-state index is 0.298. The van der Waals surface area contributed by atoms with Gasteiger partial charge < -0.3 is 11.1 Å². The van der Waals surface area contributed by atoms with E-state index in [9.17, 15) is 9.18 Å². The van der Waals surface area contributed by atoms with Crippen LogP contribution in [0, 0.1) is 12.7 Å². The van der Waals surface area contributed by atoms with Crippen molar-refractivity contribution in [3.05, 3.63) is 75.9 Å². The van der Waals surface area contributed by atoms with Crippen molar-refractivity contribution in [2.45, 2.75) is 32.6 Å². The lowest BCUT2D eigenvalue weighted by Crippen LogP contribution is -2.12. The SMILES string of the molecule is Cc1ccc(-c2nc3sc(C(=O)Nc4ccc(F)cc4)c(N)c3c3c2CCCC3)cc1. The molecule has 0 atom stereocenters. The number of nitrogen functional groups attached to an aromatic ring is 1. The smallest absolute Gasteiger partial charge is 0.267 e. The number of aromatic nitrogens is 1. The molecule has 1 aliphatic rings. The summed E-state index contributed by atoms with van der Waals surface area (Å²) in [6, 6.07) is 14.1. The highest BCUT2D eigenvalue weighted by Gasteiger charge is 2.25. The topological polar surface area (TPSA) is 68.0 Å². The Hall–Kier alpha value is -3.25. The first-order valence-corrected chi connectivity index (χ1v) is 11.2. The van der Waals surface area contributed by atoms with E-state index in [1.165, 1.54) is 52.3 Å². The van der Waals surface area contributed by atoms with Crippen LogP contribution in [0.3, 0.4) is 0 Å². The van der Waals surface area contributed by atoms with Gasteiger partial charge in [0, 0.05) is 16.6 Å². The van der Waals surface area contributed by atoms with Gasteiger partial charge in [-0.3, -0.25) is 4.79 Å². The molecule has 0 saturated heterocycles. The first kappa shape index (κ1) is 19.7. The molecule has 0 saturated carbocycles. The third-order valence-electron chi connectivity index (χ3n) is 5.83. The van der Waals surface area contributed by atoms with Crippen LogP contribution in [0.4, 0.5) is 15.8 Å². The van der Waals surface area contributed by atoms with Gasteiger partial charge in [0.25, 0.3) is 5.91 Å². The number of fused-ring (bicyclic) bond motifs is 3. The number of carbonyl (C=O) groups excluding carboxylic acids is 1. The molecule has 2 aromatic carbocycles. The second-order valence-corrected chi connectivity index (χ2v) is 8.98. The van der Waals surface area contributed by atoms with Crippen LogP contribution >= 0.6 is 11.3 Å². The number of aryl methyl sites for hydroxylation is 2. The predicted octanol–water partition coefficient (Wildman–Crippen LogP) is 6.12. The zero-order valence-corrected chi connectivity index (χ0v) is 18.0. The van der Waals surface area contributed by atoms with Crippen molar-refractivity contribution in [2.24, 2.45) is 0 Å². The van der Waals surface area contributed by atoms with E-state index in [2.05, 4.69) is 36.5 Å². The number of amides is 1. The molecule has 0 unspecified atom stereocenters. The van der Waals surface area contributed by atoms with Gasteiger partial charge in [-0.2, -0.15) is 0 Å². The first-order valence-electron chi connectivity index (χ1n) is 10.4. The van der Waals surface area contributed by atoms with Gasteiger partial charge in [-0.1, -0.05) is 29.8 Å². The molecule has 4 aromatic rings. The fraction of sp³-hybridized carbons (Fsp3) is 0.200. The first-order chi connectivity index (χ1) is 15.0. The Balaban J connectivity index is 1.62. The van der Waals surface area contributed by atoms with E-state index in [-0.39, 0.29) is 11.7 Å². The maximum absolute atomic E-state index is 13.2. The Kier molecular flexibility index (Phi) is 4.94. The molecule has 0 fully saturated rings. The van der Waals surface area contributed by atoms with E-state index in [1.54, 1.807) is 0 Å². The highest BCUT2D eigenvalue weighted by molar-refractivity contribution is 7.21. The van der Waals surface area contributed by atoms with E-state index in [0.717, 1.165) is 47.2 Å². The van der Waals surface area contributed by atoms with Gasteiger partial charge in [0.2, 0.25) is 0 Å². The van der Waals surface area contributed by atoms with Crippen molar-refractivity contribution in [1.29, 1.82) is 0 Å². The summed E-state index contributed by atoms with van der Waals surface area (Å²) in [5, 5.41) is 3.73. The van der Waals surface area contributed by atoms with E-state index in [4.69, 9.17) is 10.7 Å². The van der Waals surface area contributed by atoms with Gasteiger partial charge in [-0.25, -0.2) is 9.37 Å². The number of thiophene rings is 1. The quantitative estimate of drug-likeness (QED) is 0.410. The number of pyridine rings is 1. The highest BCUT2D eigenvalue weighted by atomic mass is 32.1. The third kappa shape index (κ3) is 3.57. The lowest BCUT2D eigenvalue weighted by Gasteiger charge is -2.20. The van der Waals surface area contributed by atoms with Gasteiger partial charge >= 0.3 is 0 Å². The summed E-state index contributed by atoms with van der Waals surface area (Å²) in [5.41, 5.74) is 13.3. The number of benzene rings is 2. The number of carbonyl (C=O) groups is 1. The summed E-state index contributed by atoms with van der Waals surface area (Å²) in [6.07, 6.45) is 4.13. The summed E-state index contributed by atoms with van der Waals surface area (Å²) < 4.78 is 13.2.